The molecule has 0 aliphatic heterocycles. The molecule has 0 fully saturated rings. The lowest BCUT2D eigenvalue weighted by Crippen LogP contribution is -2.01. The predicted molar refractivity (Wildman–Crippen MR) is 74.2 cm³/mol. The molecule has 0 radical (unpaired) electrons. The van der Waals surface area contributed by atoms with Crippen LogP contribution in [0.2, 0.25) is 0 Å². The van der Waals surface area contributed by atoms with Gasteiger partial charge in [-0.05, 0) is 17.7 Å². The maximum Gasteiger partial charge on any atom is 0.122 e. The first kappa shape index (κ1) is 12.0. The largest absolute Gasteiger partial charge is 0.493 e. The minimum absolute atomic E-state index is 0.653. The lowest BCUT2D eigenvalue weighted by molar-refractivity contribution is 0.322. The van der Waals surface area contributed by atoms with E-state index in [1.54, 1.807) is 0 Å². The number of nitrogens with two attached hydrogens (primary N) is 1. The van der Waals surface area contributed by atoms with Crippen LogP contribution < -0.4 is 10.5 Å². The van der Waals surface area contributed by atoms with Crippen LogP contribution in [0.25, 0.3) is 0 Å². The number of hydrogen-bond donors (Lipinski definition) is 1. The molecule has 0 saturated heterocycles. The van der Waals surface area contributed by atoms with Crippen molar-refractivity contribution in [1.29, 1.82) is 0 Å². The Balaban J connectivity index is 1.90. The van der Waals surface area contributed by atoms with E-state index in [9.17, 15) is 0 Å². The molecule has 17 heavy (non-hydrogen) atoms. The summed E-state index contributed by atoms with van der Waals surface area (Å²) < 4.78 is 6.60. The number of benzene rings is 2. The monoisotopic (exact) mass is 291 g/mol. The molecule has 0 unspecified atom stereocenters. The highest BCUT2D eigenvalue weighted by Crippen LogP contribution is 2.22. The molecular weight excluding hydrogens is 278 g/mol. The summed E-state index contributed by atoms with van der Waals surface area (Å²) in [6.45, 7) is 0.653. The SMILES string of the molecule is Nc1cc(Br)cc(OCCc2ccccc2)c1. The van der Waals surface area contributed by atoms with Gasteiger partial charge in [0.05, 0.1) is 6.61 Å². The van der Waals surface area contributed by atoms with Gasteiger partial charge in [-0.3, -0.25) is 0 Å². The zero-order valence-corrected chi connectivity index (χ0v) is 11.0. The average Bonchev–Trinajstić information content (AvgIpc) is 2.29. The molecule has 3 heteroatoms. The van der Waals surface area contributed by atoms with Crippen LogP contribution in [0.4, 0.5) is 5.69 Å². The molecule has 2 nitrogen and oxygen atoms in total. The molecule has 0 atom stereocenters. The summed E-state index contributed by atoms with van der Waals surface area (Å²) in [4.78, 5) is 0. The Morgan fingerprint density at radius 3 is 2.53 bits per heavy atom. The third-order valence-electron chi connectivity index (χ3n) is 2.40. The lowest BCUT2D eigenvalue weighted by Gasteiger charge is -2.07. The standard InChI is InChI=1S/C14H14BrNO/c15-12-8-13(16)10-14(9-12)17-7-6-11-4-2-1-3-5-11/h1-5,8-10H,6-7,16H2. The highest BCUT2D eigenvalue weighted by molar-refractivity contribution is 9.10. The molecule has 0 amide bonds. The summed E-state index contributed by atoms with van der Waals surface area (Å²) in [6.07, 6.45) is 0.896. The number of anilines is 1. The van der Waals surface area contributed by atoms with E-state index in [2.05, 4.69) is 28.1 Å². The Hall–Kier alpha value is -1.48. The van der Waals surface area contributed by atoms with Crippen LogP contribution in [0.1, 0.15) is 5.56 Å². The summed E-state index contributed by atoms with van der Waals surface area (Å²) in [5, 5.41) is 0. The molecule has 2 rings (SSSR count). The van der Waals surface area contributed by atoms with E-state index < -0.39 is 0 Å². The minimum Gasteiger partial charge on any atom is -0.493 e. The summed E-state index contributed by atoms with van der Waals surface area (Å²) in [7, 11) is 0. The molecule has 0 saturated carbocycles. The van der Waals surface area contributed by atoms with Crippen LogP contribution >= 0.6 is 15.9 Å². The molecule has 88 valence electrons. The van der Waals surface area contributed by atoms with Gasteiger partial charge < -0.3 is 10.5 Å². The number of ether oxygens (including phenoxy) is 1. The van der Waals surface area contributed by atoms with Crippen LogP contribution in [0.3, 0.4) is 0 Å². The van der Waals surface area contributed by atoms with Crippen LogP contribution in [0.5, 0.6) is 5.75 Å². The molecule has 0 heterocycles. The fraction of sp³-hybridized carbons (Fsp3) is 0.143. The molecule has 2 aromatic rings. The van der Waals surface area contributed by atoms with E-state index in [1.165, 1.54) is 5.56 Å². The minimum atomic E-state index is 0.653. The van der Waals surface area contributed by atoms with Gasteiger partial charge in [-0.15, -0.1) is 0 Å². The quantitative estimate of drug-likeness (QED) is 0.873. The van der Waals surface area contributed by atoms with Crippen LogP contribution in [-0.4, -0.2) is 6.61 Å². The number of nitrogen functional groups attached to an aromatic ring is 1. The van der Waals surface area contributed by atoms with Crippen molar-refractivity contribution in [3.8, 4) is 5.75 Å². The highest BCUT2D eigenvalue weighted by Gasteiger charge is 1.98. The Labute approximate surface area is 110 Å². The van der Waals surface area contributed by atoms with Gasteiger partial charge in [-0.25, -0.2) is 0 Å². The molecule has 0 aliphatic carbocycles. The Kier molecular flexibility index (Phi) is 4.04. The first-order chi connectivity index (χ1) is 8.24. The summed E-state index contributed by atoms with van der Waals surface area (Å²) in [5.74, 6) is 0.799. The smallest absolute Gasteiger partial charge is 0.122 e. The van der Waals surface area contributed by atoms with Crippen molar-refractivity contribution in [3.63, 3.8) is 0 Å². The highest BCUT2D eigenvalue weighted by atomic mass is 79.9. The molecule has 2 N–H and O–H groups in total. The van der Waals surface area contributed by atoms with Gasteiger partial charge in [0.15, 0.2) is 0 Å². The maximum absolute atomic E-state index is 5.73. The number of rotatable bonds is 4. The normalized spacial score (nSPS) is 10.2. The van der Waals surface area contributed by atoms with Crippen molar-refractivity contribution >= 4 is 21.6 Å². The summed E-state index contributed by atoms with van der Waals surface area (Å²) in [6, 6.07) is 15.9. The van der Waals surface area contributed by atoms with Gasteiger partial charge in [0.2, 0.25) is 0 Å². The van der Waals surface area contributed by atoms with Gasteiger partial charge in [0, 0.05) is 22.6 Å². The van der Waals surface area contributed by atoms with Crippen molar-refractivity contribution in [3.05, 3.63) is 58.6 Å². The van der Waals surface area contributed by atoms with Gasteiger partial charge in [-0.1, -0.05) is 46.3 Å². The van der Waals surface area contributed by atoms with E-state index >= 15 is 0 Å². The van der Waals surface area contributed by atoms with E-state index in [4.69, 9.17) is 10.5 Å². The number of hydrogen-bond acceptors (Lipinski definition) is 2. The molecule has 0 bridgehead atoms. The third-order valence-corrected chi connectivity index (χ3v) is 2.85. The topological polar surface area (TPSA) is 35.2 Å². The maximum atomic E-state index is 5.73. The van der Waals surface area contributed by atoms with E-state index in [0.717, 1.165) is 16.6 Å². The van der Waals surface area contributed by atoms with Gasteiger partial charge in [-0.2, -0.15) is 0 Å². The van der Waals surface area contributed by atoms with Crippen LogP contribution in [0.15, 0.2) is 53.0 Å². The summed E-state index contributed by atoms with van der Waals surface area (Å²) in [5.41, 5.74) is 7.71. The molecule has 0 aliphatic rings. The first-order valence-corrected chi connectivity index (χ1v) is 6.26. The first-order valence-electron chi connectivity index (χ1n) is 5.47. The van der Waals surface area contributed by atoms with Crippen molar-refractivity contribution in [2.45, 2.75) is 6.42 Å². The van der Waals surface area contributed by atoms with Crippen molar-refractivity contribution in [1.82, 2.24) is 0 Å². The van der Waals surface area contributed by atoms with Gasteiger partial charge in [0.1, 0.15) is 5.75 Å². The second-order valence-corrected chi connectivity index (χ2v) is 4.72. The van der Waals surface area contributed by atoms with E-state index in [0.29, 0.717) is 12.3 Å². The second kappa shape index (κ2) is 5.73. The van der Waals surface area contributed by atoms with Crippen LogP contribution in [0, 0.1) is 0 Å². The van der Waals surface area contributed by atoms with Gasteiger partial charge >= 0.3 is 0 Å². The fourth-order valence-corrected chi connectivity index (χ4v) is 2.09. The summed E-state index contributed by atoms with van der Waals surface area (Å²) >= 11 is 3.39. The second-order valence-electron chi connectivity index (χ2n) is 3.80. The average molecular weight is 292 g/mol. The molecule has 0 spiro atoms. The van der Waals surface area contributed by atoms with Crippen molar-refractivity contribution in [2.75, 3.05) is 12.3 Å². The van der Waals surface area contributed by atoms with Crippen LogP contribution in [-0.2, 0) is 6.42 Å². The lowest BCUT2D eigenvalue weighted by atomic mass is 10.2. The van der Waals surface area contributed by atoms with Crippen molar-refractivity contribution < 1.29 is 4.74 Å². The third kappa shape index (κ3) is 3.79. The van der Waals surface area contributed by atoms with E-state index in [-0.39, 0.29) is 0 Å². The van der Waals surface area contributed by atoms with Gasteiger partial charge in [0.25, 0.3) is 0 Å². The zero-order valence-electron chi connectivity index (χ0n) is 9.40. The molecular formula is C14H14BrNO. The Bertz CT molecular complexity index is 465. The Morgan fingerprint density at radius 1 is 1.06 bits per heavy atom. The number of halogens is 1. The zero-order chi connectivity index (χ0) is 12.1. The van der Waals surface area contributed by atoms with E-state index in [1.807, 2.05) is 36.4 Å². The van der Waals surface area contributed by atoms with Crippen molar-refractivity contribution in [2.24, 2.45) is 0 Å². The fourth-order valence-electron chi connectivity index (χ4n) is 1.60. The Morgan fingerprint density at radius 2 is 1.82 bits per heavy atom. The predicted octanol–water partition coefficient (Wildman–Crippen LogP) is 3.65. The molecule has 2 aromatic carbocycles. The molecule has 0 aromatic heterocycles.